The predicted molar refractivity (Wildman–Crippen MR) is 124 cm³/mol. The van der Waals surface area contributed by atoms with Crippen molar-refractivity contribution in [1.82, 2.24) is 14.9 Å². The van der Waals surface area contributed by atoms with Crippen molar-refractivity contribution in [3.63, 3.8) is 0 Å². The Bertz CT molecular complexity index is 1230. The molecule has 0 bridgehead atoms. The van der Waals surface area contributed by atoms with Crippen molar-refractivity contribution in [3.05, 3.63) is 94.3 Å². The van der Waals surface area contributed by atoms with Crippen molar-refractivity contribution < 1.29 is 9.53 Å². The van der Waals surface area contributed by atoms with Gasteiger partial charge < -0.3 is 14.6 Å². The molecule has 5 heteroatoms. The highest BCUT2D eigenvalue weighted by atomic mass is 16.5. The average molecular weight is 414 g/mol. The largest absolute Gasteiger partial charge is 0.497 e. The number of amides is 1. The van der Waals surface area contributed by atoms with Crippen LogP contribution in [0, 0.1) is 20.8 Å². The van der Waals surface area contributed by atoms with Gasteiger partial charge in [0.15, 0.2) is 0 Å². The minimum atomic E-state index is -0.153. The van der Waals surface area contributed by atoms with Crippen molar-refractivity contribution in [2.45, 2.75) is 33.9 Å². The number of para-hydroxylation sites is 2. The molecule has 5 nitrogen and oxygen atoms in total. The zero-order valence-electron chi connectivity index (χ0n) is 18.4. The molecule has 0 fully saturated rings. The molecule has 0 atom stereocenters. The molecule has 4 rings (SSSR count). The van der Waals surface area contributed by atoms with E-state index in [9.17, 15) is 4.79 Å². The van der Waals surface area contributed by atoms with Gasteiger partial charge in [-0.3, -0.25) is 4.79 Å². The summed E-state index contributed by atoms with van der Waals surface area (Å²) in [6, 6.07) is 19.7. The van der Waals surface area contributed by atoms with Gasteiger partial charge in [-0.2, -0.15) is 0 Å². The van der Waals surface area contributed by atoms with Crippen LogP contribution >= 0.6 is 0 Å². The highest BCUT2D eigenvalue weighted by Crippen LogP contribution is 2.23. The van der Waals surface area contributed by atoms with Gasteiger partial charge in [0.1, 0.15) is 11.6 Å². The zero-order chi connectivity index (χ0) is 22.0. The molecule has 0 aliphatic heterocycles. The molecule has 3 aromatic carbocycles. The van der Waals surface area contributed by atoms with Crippen molar-refractivity contribution in [1.29, 1.82) is 0 Å². The lowest BCUT2D eigenvalue weighted by molar-refractivity contribution is 0.0949. The first-order chi connectivity index (χ1) is 15.0. The van der Waals surface area contributed by atoms with E-state index < -0.39 is 0 Å². The number of carbonyl (C=O) groups is 1. The molecular weight excluding hydrogens is 386 g/mol. The number of aryl methyl sites for hydroxylation is 3. The minimum Gasteiger partial charge on any atom is -0.497 e. The molecule has 0 spiro atoms. The summed E-state index contributed by atoms with van der Waals surface area (Å²) < 4.78 is 7.43. The summed E-state index contributed by atoms with van der Waals surface area (Å²) >= 11 is 0. The Labute approximate surface area is 182 Å². The Morgan fingerprint density at radius 2 is 1.74 bits per heavy atom. The first-order valence-electron chi connectivity index (χ1n) is 10.4. The van der Waals surface area contributed by atoms with E-state index in [1.165, 1.54) is 22.3 Å². The minimum absolute atomic E-state index is 0.153. The molecule has 1 heterocycles. The van der Waals surface area contributed by atoms with Crippen LogP contribution in [-0.4, -0.2) is 22.6 Å². The van der Waals surface area contributed by atoms with Crippen LogP contribution < -0.4 is 10.1 Å². The van der Waals surface area contributed by atoms with E-state index in [4.69, 9.17) is 9.72 Å². The standard InChI is InChI=1S/C26H27N3O2/c1-17-12-18(2)22(19(3)13-17)16-29-24-11-6-5-10-23(24)28-25(29)15-27-26(30)20-8-7-9-21(14-20)31-4/h5-14H,15-16H2,1-4H3,(H,27,30). The van der Waals surface area contributed by atoms with Crippen LogP contribution in [0.25, 0.3) is 11.0 Å². The first-order valence-corrected chi connectivity index (χ1v) is 10.4. The van der Waals surface area contributed by atoms with E-state index in [0.29, 0.717) is 24.4 Å². The van der Waals surface area contributed by atoms with Gasteiger partial charge in [-0.05, 0) is 67.8 Å². The molecular formula is C26H27N3O2. The van der Waals surface area contributed by atoms with Gasteiger partial charge in [0.25, 0.3) is 5.91 Å². The summed E-state index contributed by atoms with van der Waals surface area (Å²) in [5.74, 6) is 1.34. The molecule has 1 aromatic heterocycles. The number of fused-ring (bicyclic) bond motifs is 1. The summed E-state index contributed by atoms with van der Waals surface area (Å²) in [4.78, 5) is 17.5. The molecule has 0 aliphatic carbocycles. The van der Waals surface area contributed by atoms with Gasteiger partial charge in [0.2, 0.25) is 0 Å². The third-order valence-electron chi connectivity index (χ3n) is 5.63. The van der Waals surface area contributed by atoms with Crippen molar-refractivity contribution in [3.8, 4) is 5.75 Å². The smallest absolute Gasteiger partial charge is 0.251 e. The molecule has 0 saturated heterocycles. The summed E-state index contributed by atoms with van der Waals surface area (Å²) in [6.07, 6.45) is 0. The van der Waals surface area contributed by atoms with E-state index in [1.807, 2.05) is 30.3 Å². The maximum atomic E-state index is 12.7. The number of aromatic nitrogens is 2. The lowest BCUT2D eigenvalue weighted by Crippen LogP contribution is -2.25. The number of nitrogens with zero attached hydrogens (tertiary/aromatic N) is 2. The Morgan fingerprint density at radius 3 is 2.48 bits per heavy atom. The number of nitrogens with one attached hydrogen (secondary N) is 1. The van der Waals surface area contributed by atoms with E-state index in [-0.39, 0.29) is 5.91 Å². The fourth-order valence-electron chi connectivity index (χ4n) is 4.08. The fraction of sp³-hybridized carbons (Fsp3) is 0.231. The van der Waals surface area contributed by atoms with E-state index >= 15 is 0 Å². The van der Waals surface area contributed by atoms with Crippen LogP contribution in [0.4, 0.5) is 0 Å². The van der Waals surface area contributed by atoms with Crippen LogP contribution in [0.3, 0.4) is 0 Å². The van der Waals surface area contributed by atoms with E-state index in [2.05, 4.69) is 48.9 Å². The van der Waals surface area contributed by atoms with E-state index in [1.54, 1.807) is 19.2 Å². The third-order valence-corrected chi connectivity index (χ3v) is 5.63. The second-order valence-electron chi connectivity index (χ2n) is 7.89. The number of ether oxygens (including phenoxy) is 1. The Kier molecular flexibility index (Phi) is 5.76. The second-order valence-corrected chi connectivity index (χ2v) is 7.89. The highest BCUT2D eigenvalue weighted by Gasteiger charge is 2.15. The molecule has 31 heavy (non-hydrogen) atoms. The predicted octanol–water partition coefficient (Wildman–Crippen LogP) is 4.95. The van der Waals surface area contributed by atoms with Crippen LogP contribution in [0.1, 0.15) is 38.4 Å². The van der Waals surface area contributed by atoms with Gasteiger partial charge >= 0.3 is 0 Å². The average Bonchev–Trinajstić information content (AvgIpc) is 3.11. The fourth-order valence-corrected chi connectivity index (χ4v) is 4.08. The number of methoxy groups -OCH3 is 1. The first kappa shape index (κ1) is 20.7. The third kappa shape index (κ3) is 4.31. The SMILES string of the molecule is COc1cccc(C(=O)NCc2nc3ccccc3n2Cc2c(C)cc(C)cc2C)c1. The number of benzene rings is 3. The molecule has 0 radical (unpaired) electrons. The molecule has 0 aliphatic rings. The number of rotatable bonds is 6. The van der Waals surface area contributed by atoms with Crippen LogP contribution in [-0.2, 0) is 13.1 Å². The molecule has 1 amide bonds. The zero-order valence-corrected chi connectivity index (χ0v) is 18.4. The number of imidazole rings is 1. The van der Waals surface area contributed by atoms with Crippen molar-refractivity contribution >= 4 is 16.9 Å². The summed E-state index contributed by atoms with van der Waals surface area (Å²) in [5, 5.41) is 3.01. The van der Waals surface area contributed by atoms with Gasteiger partial charge in [-0.15, -0.1) is 0 Å². The van der Waals surface area contributed by atoms with Gasteiger partial charge in [-0.1, -0.05) is 35.9 Å². The number of hydrogen-bond donors (Lipinski definition) is 1. The van der Waals surface area contributed by atoms with Crippen LogP contribution in [0.2, 0.25) is 0 Å². The van der Waals surface area contributed by atoms with Gasteiger partial charge in [0.05, 0.1) is 24.7 Å². The normalized spacial score (nSPS) is 11.0. The lowest BCUT2D eigenvalue weighted by atomic mass is 9.99. The Morgan fingerprint density at radius 1 is 1.00 bits per heavy atom. The summed E-state index contributed by atoms with van der Waals surface area (Å²) in [7, 11) is 1.59. The molecule has 1 N–H and O–H groups in total. The summed E-state index contributed by atoms with van der Waals surface area (Å²) in [5.41, 5.74) is 7.63. The molecule has 4 aromatic rings. The maximum absolute atomic E-state index is 12.7. The Balaban J connectivity index is 1.65. The second kappa shape index (κ2) is 8.64. The van der Waals surface area contributed by atoms with Crippen molar-refractivity contribution in [2.24, 2.45) is 0 Å². The number of hydrogen-bond acceptors (Lipinski definition) is 3. The topological polar surface area (TPSA) is 56.1 Å². The monoisotopic (exact) mass is 413 g/mol. The molecule has 0 unspecified atom stereocenters. The quantitative estimate of drug-likeness (QED) is 0.487. The molecule has 158 valence electrons. The maximum Gasteiger partial charge on any atom is 0.251 e. The van der Waals surface area contributed by atoms with Gasteiger partial charge in [0, 0.05) is 12.1 Å². The lowest BCUT2D eigenvalue weighted by Gasteiger charge is -2.15. The Hall–Kier alpha value is -3.60. The highest BCUT2D eigenvalue weighted by molar-refractivity contribution is 5.94. The van der Waals surface area contributed by atoms with Crippen LogP contribution in [0.15, 0.2) is 60.7 Å². The van der Waals surface area contributed by atoms with Crippen molar-refractivity contribution in [2.75, 3.05) is 7.11 Å². The van der Waals surface area contributed by atoms with Gasteiger partial charge in [-0.25, -0.2) is 4.98 Å². The molecule has 0 saturated carbocycles. The van der Waals surface area contributed by atoms with E-state index in [0.717, 1.165) is 16.9 Å². The number of carbonyl (C=O) groups excluding carboxylic acids is 1. The van der Waals surface area contributed by atoms with Crippen LogP contribution in [0.5, 0.6) is 5.75 Å². The summed E-state index contributed by atoms with van der Waals surface area (Å²) in [6.45, 7) is 7.48.